The number of hydrogen-bond donors (Lipinski definition) is 1. The van der Waals surface area contributed by atoms with Crippen LogP contribution in [0.25, 0.3) is 0 Å². The maximum atomic E-state index is 5.84. The summed E-state index contributed by atoms with van der Waals surface area (Å²) >= 11 is 5.51. The Labute approximate surface area is 116 Å². The lowest BCUT2D eigenvalue weighted by molar-refractivity contribution is 0.394. The molecule has 2 unspecified atom stereocenters. The second-order valence-corrected chi connectivity index (χ2v) is 7.05. The van der Waals surface area contributed by atoms with E-state index in [1.165, 1.54) is 25.7 Å². The maximum Gasteiger partial charge on any atom is 0.111 e. The van der Waals surface area contributed by atoms with Crippen LogP contribution >= 0.6 is 27.7 Å². The Kier molecular flexibility index (Phi) is 4.36. The highest BCUT2D eigenvalue weighted by Gasteiger charge is 2.21. The third-order valence-corrected chi connectivity index (χ3v) is 5.96. The molecule has 0 aromatic carbocycles. The average molecular weight is 315 g/mol. The van der Waals surface area contributed by atoms with Crippen molar-refractivity contribution >= 4 is 33.4 Å². The first-order valence-corrected chi connectivity index (χ1v) is 7.82. The minimum atomic E-state index is 0.713. The number of thioether (sulfide) groups is 1. The quantitative estimate of drug-likeness (QED) is 0.879. The highest BCUT2D eigenvalue weighted by Crippen LogP contribution is 2.39. The maximum absolute atomic E-state index is 5.84. The van der Waals surface area contributed by atoms with E-state index in [1.807, 2.05) is 18.7 Å². The van der Waals surface area contributed by atoms with Crippen LogP contribution in [0.1, 0.15) is 38.2 Å². The molecule has 0 radical (unpaired) electrons. The molecule has 2 atom stereocenters. The van der Waals surface area contributed by atoms with E-state index in [-0.39, 0.29) is 0 Å². The summed E-state index contributed by atoms with van der Waals surface area (Å²) in [6, 6.07) is 0. The summed E-state index contributed by atoms with van der Waals surface area (Å²) in [6.45, 7) is 4.39. The Morgan fingerprint density at radius 2 is 2.24 bits per heavy atom. The number of nitrogens with two attached hydrogens (primary N) is 1. The van der Waals surface area contributed by atoms with Gasteiger partial charge in [0.05, 0.1) is 16.4 Å². The molecule has 0 aliphatic heterocycles. The van der Waals surface area contributed by atoms with Crippen LogP contribution in [0.2, 0.25) is 0 Å². The molecular weight excluding hydrogens is 296 g/mol. The van der Waals surface area contributed by atoms with Gasteiger partial charge in [-0.2, -0.15) is 0 Å². The predicted octanol–water partition coefficient (Wildman–Crippen LogP) is 4.41. The molecule has 0 spiro atoms. The van der Waals surface area contributed by atoms with Gasteiger partial charge < -0.3 is 5.73 Å². The molecule has 2 nitrogen and oxygen atoms in total. The van der Waals surface area contributed by atoms with Crippen LogP contribution in [0.4, 0.5) is 5.69 Å². The van der Waals surface area contributed by atoms with Crippen molar-refractivity contribution in [3.8, 4) is 0 Å². The van der Waals surface area contributed by atoms with Crippen molar-refractivity contribution in [2.75, 3.05) is 5.73 Å². The zero-order chi connectivity index (χ0) is 12.4. The largest absolute Gasteiger partial charge is 0.397 e. The van der Waals surface area contributed by atoms with Gasteiger partial charge in [0.15, 0.2) is 0 Å². The molecule has 0 saturated heterocycles. The summed E-state index contributed by atoms with van der Waals surface area (Å²) in [4.78, 5) is 4.45. The number of nitrogen functional groups attached to an aromatic ring is 1. The van der Waals surface area contributed by atoms with Gasteiger partial charge >= 0.3 is 0 Å². The SMILES string of the molecule is Cc1c(N)cnc(SC2CCCC(C)C2)c1Br. The van der Waals surface area contributed by atoms with Crippen LogP contribution in [0.5, 0.6) is 0 Å². The fourth-order valence-corrected chi connectivity index (χ4v) is 4.30. The first-order chi connectivity index (χ1) is 8.08. The van der Waals surface area contributed by atoms with E-state index in [4.69, 9.17) is 5.73 Å². The number of pyridine rings is 1. The number of rotatable bonds is 2. The monoisotopic (exact) mass is 314 g/mol. The first-order valence-electron chi connectivity index (χ1n) is 6.15. The molecular formula is C13H19BrN2S. The van der Waals surface area contributed by atoms with Crippen LogP contribution in [-0.4, -0.2) is 10.2 Å². The van der Waals surface area contributed by atoms with Gasteiger partial charge in [0.1, 0.15) is 5.03 Å². The number of halogens is 1. The van der Waals surface area contributed by atoms with Gasteiger partial charge in [0, 0.05) is 5.25 Å². The fraction of sp³-hybridized carbons (Fsp3) is 0.615. The standard InChI is InChI=1S/C13H19BrN2S/c1-8-4-3-5-10(6-8)17-13-12(14)9(2)11(15)7-16-13/h7-8,10H,3-6,15H2,1-2H3. The number of aromatic nitrogens is 1. The lowest BCUT2D eigenvalue weighted by atomic mass is 9.91. The molecule has 2 N–H and O–H groups in total. The third kappa shape index (κ3) is 3.16. The highest BCUT2D eigenvalue weighted by atomic mass is 79.9. The second kappa shape index (κ2) is 5.61. The van der Waals surface area contributed by atoms with Gasteiger partial charge in [0.25, 0.3) is 0 Å². The van der Waals surface area contributed by atoms with E-state index in [2.05, 4.69) is 27.8 Å². The molecule has 1 heterocycles. The molecule has 1 aliphatic rings. The molecule has 1 fully saturated rings. The zero-order valence-corrected chi connectivity index (χ0v) is 12.8. The van der Waals surface area contributed by atoms with Crippen molar-refractivity contribution in [2.45, 2.75) is 49.8 Å². The first kappa shape index (κ1) is 13.2. The summed E-state index contributed by atoms with van der Waals surface area (Å²) in [5, 5.41) is 1.81. The molecule has 0 amide bonds. The lowest BCUT2D eigenvalue weighted by Crippen LogP contribution is -2.15. The van der Waals surface area contributed by atoms with Crippen molar-refractivity contribution in [3.63, 3.8) is 0 Å². The molecule has 2 rings (SSSR count). The molecule has 1 saturated carbocycles. The summed E-state index contributed by atoms with van der Waals surface area (Å²) < 4.78 is 1.07. The Hall–Kier alpha value is -0.220. The Balaban J connectivity index is 2.10. The molecule has 1 aliphatic carbocycles. The van der Waals surface area contributed by atoms with E-state index in [0.717, 1.165) is 26.7 Å². The van der Waals surface area contributed by atoms with Crippen LogP contribution in [0, 0.1) is 12.8 Å². The van der Waals surface area contributed by atoms with E-state index in [9.17, 15) is 0 Å². The van der Waals surface area contributed by atoms with Gasteiger partial charge in [0.2, 0.25) is 0 Å². The average Bonchev–Trinajstić information content (AvgIpc) is 2.30. The van der Waals surface area contributed by atoms with Crippen molar-refractivity contribution in [2.24, 2.45) is 5.92 Å². The van der Waals surface area contributed by atoms with Crippen LogP contribution in [-0.2, 0) is 0 Å². The Morgan fingerprint density at radius 1 is 1.47 bits per heavy atom. The summed E-state index contributed by atoms with van der Waals surface area (Å²) in [6.07, 6.45) is 7.13. The number of anilines is 1. The molecule has 17 heavy (non-hydrogen) atoms. The summed E-state index contributed by atoms with van der Waals surface area (Å²) in [5.74, 6) is 0.856. The predicted molar refractivity (Wildman–Crippen MR) is 78.4 cm³/mol. The molecule has 1 aromatic heterocycles. The van der Waals surface area contributed by atoms with E-state index in [0.29, 0.717) is 5.25 Å². The fourth-order valence-electron chi connectivity index (χ4n) is 2.29. The molecule has 0 bridgehead atoms. The third-order valence-electron chi connectivity index (χ3n) is 3.44. The minimum Gasteiger partial charge on any atom is -0.397 e. The van der Waals surface area contributed by atoms with Gasteiger partial charge in [-0.15, -0.1) is 11.8 Å². The van der Waals surface area contributed by atoms with Crippen LogP contribution in [0.15, 0.2) is 15.7 Å². The Morgan fingerprint density at radius 3 is 2.94 bits per heavy atom. The lowest BCUT2D eigenvalue weighted by Gasteiger charge is -2.26. The smallest absolute Gasteiger partial charge is 0.111 e. The van der Waals surface area contributed by atoms with E-state index < -0.39 is 0 Å². The molecule has 1 aromatic rings. The minimum absolute atomic E-state index is 0.713. The second-order valence-electron chi connectivity index (χ2n) is 4.97. The van der Waals surface area contributed by atoms with Crippen molar-refractivity contribution in [1.29, 1.82) is 0 Å². The van der Waals surface area contributed by atoms with E-state index >= 15 is 0 Å². The van der Waals surface area contributed by atoms with Gasteiger partial charge in [-0.05, 0) is 47.2 Å². The summed E-state index contributed by atoms with van der Waals surface area (Å²) in [7, 11) is 0. The highest BCUT2D eigenvalue weighted by molar-refractivity contribution is 9.10. The number of hydrogen-bond acceptors (Lipinski definition) is 3. The van der Waals surface area contributed by atoms with Gasteiger partial charge in [-0.3, -0.25) is 0 Å². The summed E-state index contributed by atoms with van der Waals surface area (Å²) in [5.41, 5.74) is 7.71. The van der Waals surface area contributed by atoms with Gasteiger partial charge in [-0.25, -0.2) is 4.98 Å². The number of nitrogens with zero attached hydrogens (tertiary/aromatic N) is 1. The van der Waals surface area contributed by atoms with E-state index in [1.54, 1.807) is 6.20 Å². The zero-order valence-electron chi connectivity index (χ0n) is 10.4. The van der Waals surface area contributed by atoms with Gasteiger partial charge in [-0.1, -0.05) is 19.8 Å². The van der Waals surface area contributed by atoms with Crippen LogP contribution < -0.4 is 5.73 Å². The van der Waals surface area contributed by atoms with Crippen molar-refractivity contribution in [3.05, 3.63) is 16.2 Å². The van der Waals surface area contributed by atoms with Crippen LogP contribution in [0.3, 0.4) is 0 Å². The molecule has 4 heteroatoms. The normalized spacial score (nSPS) is 24.9. The van der Waals surface area contributed by atoms with Crippen molar-refractivity contribution in [1.82, 2.24) is 4.98 Å². The Bertz CT molecular complexity index is 409. The van der Waals surface area contributed by atoms with Crippen molar-refractivity contribution < 1.29 is 0 Å². The topological polar surface area (TPSA) is 38.9 Å². The molecule has 94 valence electrons.